The maximum Gasteiger partial charge on any atom is 0.254 e. The highest BCUT2D eigenvalue weighted by atomic mass is 16.5. The lowest BCUT2D eigenvalue weighted by Gasteiger charge is -2.29. The first-order chi connectivity index (χ1) is 10.6. The lowest BCUT2D eigenvalue weighted by molar-refractivity contribution is 0.0734. The molecule has 0 spiro atoms. The van der Waals surface area contributed by atoms with Gasteiger partial charge in [-0.3, -0.25) is 4.79 Å². The number of hydrogen-bond acceptors (Lipinski definition) is 2. The second kappa shape index (κ2) is 6.22. The molecule has 0 bridgehead atoms. The van der Waals surface area contributed by atoms with Crippen LogP contribution in [0, 0.1) is 0 Å². The molecule has 0 saturated carbocycles. The molecule has 0 fully saturated rings. The predicted molar refractivity (Wildman–Crippen MR) is 87.1 cm³/mol. The van der Waals surface area contributed by atoms with Crippen molar-refractivity contribution < 1.29 is 9.53 Å². The van der Waals surface area contributed by atoms with Crippen LogP contribution in [0.4, 0.5) is 0 Å². The monoisotopic (exact) mass is 295 g/mol. The summed E-state index contributed by atoms with van der Waals surface area (Å²) in [5.74, 6) is 0.890. The Bertz CT molecular complexity index is 661. The van der Waals surface area contributed by atoms with Crippen molar-refractivity contribution in [1.29, 1.82) is 0 Å². The summed E-state index contributed by atoms with van der Waals surface area (Å²) >= 11 is 0. The largest absolute Gasteiger partial charge is 0.491 e. The van der Waals surface area contributed by atoms with Crippen LogP contribution in [0.15, 0.2) is 48.5 Å². The Morgan fingerprint density at radius 1 is 1.05 bits per heavy atom. The van der Waals surface area contributed by atoms with Gasteiger partial charge in [-0.15, -0.1) is 0 Å². The van der Waals surface area contributed by atoms with E-state index in [9.17, 15) is 4.79 Å². The van der Waals surface area contributed by atoms with Crippen LogP contribution < -0.4 is 4.74 Å². The molecule has 0 aliphatic carbocycles. The molecule has 1 aliphatic rings. The zero-order chi connectivity index (χ0) is 15.5. The van der Waals surface area contributed by atoms with Gasteiger partial charge in [0.2, 0.25) is 0 Å². The number of nitrogens with zero attached hydrogens (tertiary/aromatic N) is 1. The van der Waals surface area contributed by atoms with E-state index in [1.807, 2.05) is 49.1 Å². The molecular formula is C19H21NO2. The number of hydrogen-bond donors (Lipinski definition) is 0. The van der Waals surface area contributed by atoms with Gasteiger partial charge in [0.15, 0.2) is 0 Å². The van der Waals surface area contributed by atoms with Crippen LogP contribution in [-0.4, -0.2) is 23.5 Å². The molecule has 3 nitrogen and oxygen atoms in total. The molecule has 114 valence electrons. The summed E-state index contributed by atoms with van der Waals surface area (Å²) in [5.41, 5.74) is 3.32. The fourth-order valence-electron chi connectivity index (χ4n) is 2.80. The van der Waals surface area contributed by atoms with Gasteiger partial charge >= 0.3 is 0 Å². The highest BCUT2D eigenvalue weighted by Gasteiger charge is 2.21. The standard InChI is InChI=1S/C19H21NO2/c1-14(2)22-18-9-7-16(8-10-18)19(21)20-12-11-15-5-3-4-6-17(15)13-20/h3-10,14H,11-13H2,1-2H3. The molecule has 0 atom stereocenters. The molecule has 0 saturated heterocycles. The minimum absolute atomic E-state index is 0.0885. The summed E-state index contributed by atoms with van der Waals surface area (Å²) < 4.78 is 5.62. The van der Waals surface area contributed by atoms with E-state index in [4.69, 9.17) is 4.74 Å². The number of carbonyl (C=O) groups is 1. The van der Waals surface area contributed by atoms with Gasteiger partial charge in [0.05, 0.1) is 6.10 Å². The molecule has 3 rings (SSSR count). The average molecular weight is 295 g/mol. The van der Waals surface area contributed by atoms with E-state index >= 15 is 0 Å². The zero-order valence-corrected chi connectivity index (χ0v) is 13.1. The van der Waals surface area contributed by atoms with Crippen LogP contribution in [-0.2, 0) is 13.0 Å². The van der Waals surface area contributed by atoms with Crippen molar-refractivity contribution >= 4 is 5.91 Å². The molecular weight excluding hydrogens is 274 g/mol. The second-order valence-corrected chi connectivity index (χ2v) is 5.94. The van der Waals surface area contributed by atoms with Crippen LogP contribution in [0.1, 0.15) is 35.3 Å². The van der Waals surface area contributed by atoms with Crippen molar-refractivity contribution in [2.24, 2.45) is 0 Å². The number of benzene rings is 2. The SMILES string of the molecule is CC(C)Oc1ccc(C(=O)N2CCc3ccccc3C2)cc1. The number of carbonyl (C=O) groups excluding carboxylic acids is 1. The summed E-state index contributed by atoms with van der Waals surface area (Å²) in [4.78, 5) is 14.5. The van der Waals surface area contributed by atoms with E-state index in [0.717, 1.165) is 24.3 Å². The first-order valence-corrected chi connectivity index (χ1v) is 7.76. The Morgan fingerprint density at radius 2 is 1.73 bits per heavy atom. The zero-order valence-electron chi connectivity index (χ0n) is 13.1. The van der Waals surface area contributed by atoms with Crippen LogP contribution in [0.5, 0.6) is 5.75 Å². The first-order valence-electron chi connectivity index (χ1n) is 7.76. The molecule has 2 aromatic rings. The van der Waals surface area contributed by atoms with Crippen molar-refractivity contribution in [3.8, 4) is 5.75 Å². The first kappa shape index (κ1) is 14.6. The van der Waals surface area contributed by atoms with Gasteiger partial charge in [0.1, 0.15) is 5.75 Å². The number of fused-ring (bicyclic) bond motifs is 1. The van der Waals surface area contributed by atoms with Crippen molar-refractivity contribution in [2.75, 3.05) is 6.54 Å². The average Bonchev–Trinajstić information content (AvgIpc) is 2.54. The van der Waals surface area contributed by atoms with Gasteiger partial charge < -0.3 is 9.64 Å². The topological polar surface area (TPSA) is 29.5 Å². The summed E-state index contributed by atoms with van der Waals surface area (Å²) in [6.45, 7) is 5.45. The highest BCUT2D eigenvalue weighted by Crippen LogP contribution is 2.21. The van der Waals surface area contributed by atoms with E-state index < -0.39 is 0 Å². The van der Waals surface area contributed by atoms with Crippen molar-refractivity contribution in [3.05, 3.63) is 65.2 Å². The van der Waals surface area contributed by atoms with Crippen molar-refractivity contribution in [3.63, 3.8) is 0 Å². The van der Waals surface area contributed by atoms with E-state index in [1.54, 1.807) is 0 Å². The maximum atomic E-state index is 12.6. The van der Waals surface area contributed by atoms with Gasteiger partial charge in [0, 0.05) is 18.7 Å². The predicted octanol–water partition coefficient (Wildman–Crippen LogP) is 3.67. The van der Waals surface area contributed by atoms with E-state index in [0.29, 0.717) is 6.54 Å². The maximum absolute atomic E-state index is 12.6. The molecule has 22 heavy (non-hydrogen) atoms. The lowest BCUT2D eigenvalue weighted by Crippen LogP contribution is -2.35. The Balaban J connectivity index is 1.72. The highest BCUT2D eigenvalue weighted by molar-refractivity contribution is 5.94. The summed E-state index contributed by atoms with van der Waals surface area (Å²) in [6.07, 6.45) is 1.07. The van der Waals surface area contributed by atoms with Crippen LogP contribution in [0.25, 0.3) is 0 Å². The molecule has 1 heterocycles. The quantitative estimate of drug-likeness (QED) is 0.864. The van der Waals surface area contributed by atoms with Crippen LogP contribution in [0.2, 0.25) is 0 Å². The number of amides is 1. The van der Waals surface area contributed by atoms with Crippen LogP contribution in [0.3, 0.4) is 0 Å². The molecule has 0 N–H and O–H groups in total. The Morgan fingerprint density at radius 3 is 2.41 bits per heavy atom. The molecule has 3 heteroatoms. The molecule has 0 radical (unpaired) electrons. The molecule has 0 aromatic heterocycles. The molecule has 2 aromatic carbocycles. The summed E-state index contributed by atoms with van der Waals surface area (Å²) in [6, 6.07) is 15.8. The number of rotatable bonds is 3. The van der Waals surface area contributed by atoms with Crippen LogP contribution >= 0.6 is 0 Å². The van der Waals surface area contributed by atoms with Gasteiger partial charge in [0.25, 0.3) is 5.91 Å². The fraction of sp³-hybridized carbons (Fsp3) is 0.316. The van der Waals surface area contributed by atoms with E-state index in [-0.39, 0.29) is 12.0 Å². The smallest absolute Gasteiger partial charge is 0.254 e. The van der Waals surface area contributed by atoms with E-state index in [2.05, 4.69) is 18.2 Å². The van der Waals surface area contributed by atoms with Crippen molar-refractivity contribution in [1.82, 2.24) is 4.90 Å². The molecule has 0 unspecified atom stereocenters. The van der Waals surface area contributed by atoms with Crippen molar-refractivity contribution in [2.45, 2.75) is 32.9 Å². The van der Waals surface area contributed by atoms with Gasteiger partial charge in [-0.25, -0.2) is 0 Å². The third-order valence-corrected chi connectivity index (χ3v) is 3.89. The normalized spacial score (nSPS) is 13.9. The third kappa shape index (κ3) is 3.14. The Kier molecular flexibility index (Phi) is 4.14. The molecule has 1 amide bonds. The third-order valence-electron chi connectivity index (χ3n) is 3.89. The summed E-state index contributed by atoms with van der Waals surface area (Å²) in [5, 5.41) is 0. The minimum Gasteiger partial charge on any atom is -0.491 e. The molecule has 1 aliphatic heterocycles. The Labute approximate surface area is 131 Å². The second-order valence-electron chi connectivity index (χ2n) is 5.94. The summed E-state index contributed by atoms with van der Waals surface area (Å²) in [7, 11) is 0. The van der Waals surface area contributed by atoms with Gasteiger partial charge in [-0.05, 0) is 55.7 Å². The Hall–Kier alpha value is -2.29. The van der Waals surface area contributed by atoms with Gasteiger partial charge in [-0.1, -0.05) is 24.3 Å². The fourth-order valence-corrected chi connectivity index (χ4v) is 2.80. The van der Waals surface area contributed by atoms with E-state index in [1.165, 1.54) is 11.1 Å². The number of ether oxygens (including phenoxy) is 1. The lowest BCUT2D eigenvalue weighted by atomic mass is 9.99. The van der Waals surface area contributed by atoms with Gasteiger partial charge in [-0.2, -0.15) is 0 Å². The minimum atomic E-state index is 0.0885.